The Bertz CT molecular complexity index is 800. The molecule has 0 radical (unpaired) electrons. The number of likely N-dealkylation sites (tertiary alicyclic amines) is 1. The Morgan fingerprint density at radius 1 is 1.07 bits per heavy atom. The fourth-order valence-corrected chi connectivity index (χ4v) is 3.51. The van der Waals surface area contributed by atoms with Gasteiger partial charge >= 0.3 is 0 Å². The van der Waals surface area contributed by atoms with Crippen molar-refractivity contribution in [1.82, 2.24) is 4.90 Å². The molecule has 0 bridgehead atoms. The van der Waals surface area contributed by atoms with Crippen molar-refractivity contribution < 1.29 is 19.1 Å². The molecule has 2 N–H and O–H groups in total. The van der Waals surface area contributed by atoms with E-state index >= 15 is 0 Å². The van der Waals surface area contributed by atoms with Gasteiger partial charge in [0.1, 0.15) is 5.75 Å². The predicted molar refractivity (Wildman–Crippen MR) is 107 cm³/mol. The molecule has 0 spiro atoms. The molecule has 1 atom stereocenters. The summed E-state index contributed by atoms with van der Waals surface area (Å²) in [6.07, 6.45) is 2.12. The predicted octanol–water partition coefficient (Wildman–Crippen LogP) is 2.72. The first kappa shape index (κ1) is 19.9. The van der Waals surface area contributed by atoms with E-state index in [4.69, 9.17) is 15.2 Å². The fraction of sp³-hybridized carbons (Fsp3) is 0.364. The van der Waals surface area contributed by atoms with Gasteiger partial charge in [-0.2, -0.15) is 0 Å². The second-order valence-corrected chi connectivity index (χ2v) is 7.07. The quantitative estimate of drug-likeness (QED) is 0.798. The number of nitrogens with two attached hydrogens (primary N) is 1. The minimum Gasteiger partial charge on any atom is -0.484 e. The lowest BCUT2D eigenvalue weighted by Crippen LogP contribution is -2.41. The Balaban J connectivity index is 1.64. The van der Waals surface area contributed by atoms with Gasteiger partial charge in [-0.05, 0) is 54.2 Å². The van der Waals surface area contributed by atoms with Crippen LogP contribution in [-0.2, 0) is 9.53 Å². The number of amides is 2. The van der Waals surface area contributed by atoms with E-state index in [1.807, 2.05) is 41.3 Å². The van der Waals surface area contributed by atoms with Gasteiger partial charge in [-0.25, -0.2) is 0 Å². The summed E-state index contributed by atoms with van der Waals surface area (Å²) in [5.41, 5.74) is 7.78. The van der Waals surface area contributed by atoms with Crippen LogP contribution < -0.4 is 10.5 Å². The third-order valence-corrected chi connectivity index (χ3v) is 4.91. The maximum absolute atomic E-state index is 12.8. The van der Waals surface area contributed by atoms with Crippen LogP contribution in [0.1, 0.15) is 23.2 Å². The summed E-state index contributed by atoms with van der Waals surface area (Å²) < 4.78 is 10.5. The zero-order valence-corrected chi connectivity index (χ0v) is 16.1. The van der Waals surface area contributed by atoms with E-state index in [2.05, 4.69) is 0 Å². The van der Waals surface area contributed by atoms with Crippen LogP contribution in [0.2, 0.25) is 0 Å². The summed E-state index contributed by atoms with van der Waals surface area (Å²) >= 11 is 0. The topological polar surface area (TPSA) is 81.9 Å². The molecule has 3 rings (SSSR count). The number of carbonyl (C=O) groups excluding carboxylic acids is 2. The first-order valence-electron chi connectivity index (χ1n) is 9.46. The van der Waals surface area contributed by atoms with Crippen molar-refractivity contribution in [2.24, 2.45) is 11.7 Å². The molecule has 2 amide bonds. The average molecular weight is 382 g/mol. The number of benzene rings is 2. The molecule has 2 aromatic rings. The average Bonchev–Trinajstić information content (AvgIpc) is 2.73. The molecule has 2 aromatic carbocycles. The molecule has 28 heavy (non-hydrogen) atoms. The molecule has 1 saturated heterocycles. The molecule has 0 unspecified atom stereocenters. The second-order valence-electron chi connectivity index (χ2n) is 7.07. The zero-order chi connectivity index (χ0) is 19.9. The van der Waals surface area contributed by atoms with Gasteiger partial charge in [0, 0.05) is 25.8 Å². The summed E-state index contributed by atoms with van der Waals surface area (Å²) in [5.74, 6) is 0.566. The van der Waals surface area contributed by atoms with E-state index in [1.165, 1.54) is 0 Å². The van der Waals surface area contributed by atoms with Gasteiger partial charge < -0.3 is 20.1 Å². The highest BCUT2D eigenvalue weighted by atomic mass is 16.5. The molecule has 0 saturated carbocycles. The van der Waals surface area contributed by atoms with Gasteiger partial charge in [0.2, 0.25) is 0 Å². The molecular weight excluding hydrogens is 356 g/mol. The second kappa shape index (κ2) is 9.37. The maximum Gasteiger partial charge on any atom is 0.255 e. The monoisotopic (exact) mass is 382 g/mol. The van der Waals surface area contributed by atoms with Gasteiger partial charge in [-0.1, -0.05) is 24.3 Å². The smallest absolute Gasteiger partial charge is 0.255 e. The highest BCUT2D eigenvalue weighted by Gasteiger charge is 2.24. The summed E-state index contributed by atoms with van der Waals surface area (Å²) in [4.78, 5) is 25.5. The number of ether oxygens (including phenoxy) is 2. The maximum atomic E-state index is 12.8. The van der Waals surface area contributed by atoms with E-state index < -0.39 is 5.91 Å². The standard InChI is InChI=1S/C22H26N2O4/c1-27-14-16-3-2-12-24(13-16)22(26)19-6-4-17(5-7-19)18-8-10-20(11-9-18)28-15-21(23)25/h4-11,16H,2-3,12-15H2,1H3,(H2,23,25)/t16-/m0/s1. The van der Waals surface area contributed by atoms with Crippen LogP contribution >= 0.6 is 0 Å². The van der Waals surface area contributed by atoms with Crippen LogP contribution in [-0.4, -0.2) is 50.1 Å². The van der Waals surface area contributed by atoms with E-state index in [0.29, 0.717) is 23.8 Å². The highest BCUT2D eigenvalue weighted by molar-refractivity contribution is 5.94. The van der Waals surface area contributed by atoms with E-state index in [-0.39, 0.29) is 12.5 Å². The summed E-state index contributed by atoms with van der Waals surface area (Å²) in [7, 11) is 1.70. The largest absolute Gasteiger partial charge is 0.484 e. The first-order chi connectivity index (χ1) is 13.6. The van der Waals surface area contributed by atoms with Crippen molar-refractivity contribution in [1.29, 1.82) is 0 Å². The Morgan fingerprint density at radius 3 is 2.32 bits per heavy atom. The number of hydrogen-bond acceptors (Lipinski definition) is 4. The van der Waals surface area contributed by atoms with Crippen molar-refractivity contribution in [3.05, 3.63) is 54.1 Å². The van der Waals surface area contributed by atoms with Crippen LogP contribution in [0.3, 0.4) is 0 Å². The van der Waals surface area contributed by atoms with Crippen molar-refractivity contribution in [2.45, 2.75) is 12.8 Å². The SMILES string of the molecule is COC[C@H]1CCCN(C(=O)c2ccc(-c3ccc(OCC(N)=O)cc3)cc2)C1. The molecule has 0 aliphatic carbocycles. The summed E-state index contributed by atoms with van der Waals surface area (Å²) in [6, 6.07) is 15.0. The van der Waals surface area contributed by atoms with Crippen molar-refractivity contribution in [3.63, 3.8) is 0 Å². The van der Waals surface area contributed by atoms with E-state index in [9.17, 15) is 9.59 Å². The minimum atomic E-state index is -0.508. The van der Waals surface area contributed by atoms with Crippen molar-refractivity contribution in [3.8, 4) is 16.9 Å². The van der Waals surface area contributed by atoms with E-state index in [1.54, 1.807) is 19.2 Å². The molecule has 6 heteroatoms. The lowest BCUT2D eigenvalue weighted by Gasteiger charge is -2.32. The Kier molecular flexibility index (Phi) is 6.66. The summed E-state index contributed by atoms with van der Waals surface area (Å²) in [5, 5.41) is 0. The Morgan fingerprint density at radius 2 is 1.71 bits per heavy atom. The molecule has 1 aliphatic rings. The zero-order valence-electron chi connectivity index (χ0n) is 16.1. The van der Waals surface area contributed by atoms with Gasteiger partial charge in [0.25, 0.3) is 11.8 Å². The molecule has 148 valence electrons. The summed E-state index contributed by atoms with van der Waals surface area (Å²) in [6.45, 7) is 2.11. The third-order valence-electron chi connectivity index (χ3n) is 4.91. The number of methoxy groups -OCH3 is 1. The number of carbonyl (C=O) groups is 2. The van der Waals surface area contributed by atoms with E-state index in [0.717, 1.165) is 37.1 Å². The lowest BCUT2D eigenvalue weighted by molar-refractivity contribution is -0.119. The van der Waals surface area contributed by atoms with Crippen LogP contribution in [0.25, 0.3) is 11.1 Å². The van der Waals surface area contributed by atoms with Crippen LogP contribution in [0.4, 0.5) is 0 Å². The molecule has 1 aliphatic heterocycles. The molecule has 0 aromatic heterocycles. The molecule has 1 heterocycles. The number of piperidine rings is 1. The Hall–Kier alpha value is -2.86. The molecule has 6 nitrogen and oxygen atoms in total. The number of nitrogens with zero attached hydrogens (tertiary/aromatic N) is 1. The normalized spacial score (nSPS) is 16.6. The number of hydrogen-bond donors (Lipinski definition) is 1. The van der Waals surface area contributed by atoms with Crippen LogP contribution in [0.5, 0.6) is 5.75 Å². The van der Waals surface area contributed by atoms with Gasteiger partial charge in [-0.3, -0.25) is 9.59 Å². The number of rotatable bonds is 7. The van der Waals surface area contributed by atoms with Gasteiger partial charge in [0.15, 0.2) is 6.61 Å². The highest BCUT2D eigenvalue weighted by Crippen LogP contribution is 2.24. The van der Waals surface area contributed by atoms with Gasteiger partial charge in [0.05, 0.1) is 6.61 Å². The molecular formula is C22H26N2O4. The lowest BCUT2D eigenvalue weighted by atomic mass is 9.97. The van der Waals surface area contributed by atoms with Crippen molar-refractivity contribution >= 4 is 11.8 Å². The first-order valence-corrected chi connectivity index (χ1v) is 9.46. The van der Waals surface area contributed by atoms with Crippen LogP contribution in [0.15, 0.2) is 48.5 Å². The van der Waals surface area contributed by atoms with Crippen LogP contribution in [0, 0.1) is 5.92 Å². The fourth-order valence-electron chi connectivity index (χ4n) is 3.51. The molecule has 1 fully saturated rings. The Labute approximate surface area is 165 Å². The van der Waals surface area contributed by atoms with Gasteiger partial charge in [-0.15, -0.1) is 0 Å². The third kappa shape index (κ3) is 5.10. The number of primary amides is 1. The van der Waals surface area contributed by atoms with Crippen molar-refractivity contribution in [2.75, 3.05) is 33.4 Å². The minimum absolute atomic E-state index is 0.0718.